The summed E-state index contributed by atoms with van der Waals surface area (Å²) in [5, 5.41) is 0. The molecule has 0 aliphatic heterocycles. The summed E-state index contributed by atoms with van der Waals surface area (Å²) >= 11 is 2.08. The van der Waals surface area contributed by atoms with Crippen LogP contribution < -0.4 is 4.74 Å². The van der Waals surface area contributed by atoms with Gasteiger partial charge in [-0.1, -0.05) is 0 Å². The largest absolute Gasteiger partial charge is 0.480 e. The highest BCUT2D eigenvalue weighted by Gasteiger charge is 1.89. The molecule has 0 aliphatic carbocycles. The summed E-state index contributed by atoms with van der Waals surface area (Å²) in [6.07, 6.45) is 3.24. The van der Waals surface area contributed by atoms with Gasteiger partial charge in [-0.15, -0.1) is 0 Å². The highest BCUT2D eigenvalue weighted by molar-refractivity contribution is 14.1. The minimum Gasteiger partial charge on any atom is -0.480 e. The van der Waals surface area contributed by atoms with Gasteiger partial charge in [-0.05, 0) is 22.6 Å². The third-order valence-electron chi connectivity index (χ3n) is 0.806. The fourth-order valence-electron chi connectivity index (χ4n) is 0.406. The molecule has 0 aromatic carbocycles. The number of methoxy groups -OCH3 is 1. The number of hydrogen-bond donors (Lipinski definition) is 0. The maximum Gasteiger partial charge on any atom is 0.232 e. The molecule has 0 fully saturated rings. The third-order valence-corrected chi connectivity index (χ3v) is 1.36. The van der Waals surface area contributed by atoms with Gasteiger partial charge in [0.2, 0.25) is 5.88 Å². The molecule has 0 unspecified atom stereocenters. The summed E-state index contributed by atoms with van der Waals surface area (Å²) in [6, 6.07) is 0. The van der Waals surface area contributed by atoms with E-state index >= 15 is 0 Å². The summed E-state index contributed by atoms with van der Waals surface area (Å²) in [5.74, 6) is 0.551. The van der Waals surface area contributed by atoms with E-state index in [1.165, 1.54) is 0 Å². The minimum absolute atomic E-state index is 0.551. The van der Waals surface area contributed by atoms with E-state index in [4.69, 9.17) is 4.74 Å². The Balaban J connectivity index is 2.88. The van der Waals surface area contributed by atoms with Crippen molar-refractivity contribution in [3.8, 4) is 5.88 Å². The van der Waals surface area contributed by atoms with Gasteiger partial charge in [0.1, 0.15) is 3.70 Å². The number of ether oxygens (including phenoxy) is 1. The van der Waals surface area contributed by atoms with Crippen LogP contribution in [0, 0.1) is 3.70 Å². The number of aromatic nitrogens is 2. The van der Waals surface area contributed by atoms with Crippen molar-refractivity contribution in [2.24, 2.45) is 0 Å². The van der Waals surface area contributed by atoms with Crippen molar-refractivity contribution in [2.75, 3.05) is 7.11 Å². The van der Waals surface area contributed by atoms with Gasteiger partial charge in [0, 0.05) is 0 Å². The zero-order valence-corrected chi connectivity index (χ0v) is 6.99. The van der Waals surface area contributed by atoms with E-state index in [0.29, 0.717) is 5.88 Å². The molecule has 4 heteroatoms. The molecular formula is C5H5IN2O. The van der Waals surface area contributed by atoms with Crippen LogP contribution in [-0.4, -0.2) is 17.1 Å². The first-order valence-corrected chi connectivity index (χ1v) is 3.42. The van der Waals surface area contributed by atoms with Crippen LogP contribution in [0.1, 0.15) is 0 Å². The Morgan fingerprint density at radius 1 is 1.44 bits per heavy atom. The lowest BCUT2D eigenvalue weighted by molar-refractivity contribution is 0.395. The second kappa shape index (κ2) is 2.95. The van der Waals surface area contributed by atoms with Gasteiger partial charge in [-0.3, -0.25) is 0 Å². The van der Waals surface area contributed by atoms with Crippen LogP contribution in [0.4, 0.5) is 0 Å². The first kappa shape index (κ1) is 6.73. The second-order valence-corrected chi connectivity index (χ2v) is 2.49. The maximum absolute atomic E-state index is 4.79. The van der Waals surface area contributed by atoms with E-state index < -0.39 is 0 Å². The number of rotatable bonds is 1. The van der Waals surface area contributed by atoms with Crippen molar-refractivity contribution in [3.63, 3.8) is 0 Å². The molecular weight excluding hydrogens is 231 g/mol. The van der Waals surface area contributed by atoms with E-state index in [9.17, 15) is 0 Å². The van der Waals surface area contributed by atoms with E-state index in [1.807, 2.05) is 0 Å². The number of halogens is 1. The lowest BCUT2D eigenvalue weighted by atomic mass is 10.7. The number of nitrogens with zero attached hydrogens (tertiary/aromatic N) is 2. The Labute approximate surface area is 66.6 Å². The van der Waals surface area contributed by atoms with E-state index in [0.717, 1.165) is 3.70 Å². The Hall–Kier alpha value is -0.390. The summed E-state index contributed by atoms with van der Waals surface area (Å²) in [7, 11) is 1.57. The quantitative estimate of drug-likeness (QED) is 0.684. The molecule has 0 bridgehead atoms. The molecule has 1 aromatic rings. The van der Waals surface area contributed by atoms with Crippen molar-refractivity contribution in [3.05, 3.63) is 16.1 Å². The zero-order chi connectivity index (χ0) is 6.69. The highest BCUT2D eigenvalue weighted by atomic mass is 127. The Morgan fingerprint density at radius 3 is 2.67 bits per heavy atom. The molecule has 0 radical (unpaired) electrons. The molecule has 1 rings (SSSR count). The molecule has 0 amide bonds. The highest BCUT2D eigenvalue weighted by Crippen LogP contribution is 2.03. The molecule has 0 aliphatic rings. The van der Waals surface area contributed by atoms with Crippen molar-refractivity contribution in [1.82, 2.24) is 9.97 Å². The van der Waals surface area contributed by atoms with Crippen LogP contribution >= 0.6 is 22.6 Å². The van der Waals surface area contributed by atoms with Gasteiger partial charge in [0.15, 0.2) is 0 Å². The van der Waals surface area contributed by atoms with E-state index in [2.05, 4.69) is 32.6 Å². The third kappa shape index (κ3) is 1.78. The molecule has 0 saturated heterocycles. The number of hydrogen-bond acceptors (Lipinski definition) is 3. The molecule has 0 N–H and O–H groups in total. The predicted octanol–water partition coefficient (Wildman–Crippen LogP) is 1.09. The second-order valence-electron chi connectivity index (χ2n) is 1.38. The molecule has 0 spiro atoms. The van der Waals surface area contributed by atoms with Crippen LogP contribution in [-0.2, 0) is 0 Å². The summed E-state index contributed by atoms with van der Waals surface area (Å²) in [4.78, 5) is 7.85. The van der Waals surface area contributed by atoms with Crippen LogP contribution in [0.25, 0.3) is 0 Å². The zero-order valence-electron chi connectivity index (χ0n) is 4.84. The van der Waals surface area contributed by atoms with Gasteiger partial charge in [0.05, 0.1) is 19.5 Å². The average Bonchev–Trinajstić information content (AvgIpc) is 1.90. The van der Waals surface area contributed by atoms with Gasteiger partial charge >= 0.3 is 0 Å². The fourth-order valence-corrected chi connectivity index (χ4v) is 0.684. The molecule has 48 valence electrons. The summed E-state index contributed by atoms with van der Waals surface area (Å²) in [6.45, 7) is 0. The lowest BCUT2D eigenvalue weighted by Gasteiger charge is -1.94. The first-order chi connectivity index (χ1) is 4.33. The molecule has 0 atom stereocenters. The average molecular weight is 236 g/mol. The molecule has 0 saturated carbocycles. The molecule has 9 heavy (non-hydrogen) atoms. The monoisotopic (exact) mass is 236 g/mol. The molecule has 3 nitrogen and oxygen atoms in total. The smallest absolute Gasteiger partial charge is 0.232 e. The van der Waals surface area contributed by atoms with Crippen molar-refractivity contribution in [1.29, 1.82) is 0 Å². The Morgan fingerprint density at radius 2 is 2.22 bits per heavy atom. The topological polar surface area (TPSA) is 35.0 Å². The van der Waals surface area contributed by atoms with Gasteiger partial charge in [0.25, 0.3) is 0 Å². The maximum atomic E-state index is 4.79. The van der Waals surface area contributed by atoms with E-state index in [-0.39, 0.29) is 0 Å². The van der Waals surface area contributed by atoms with Gasteiger partial charge in [-0.2, -0.15) is 0 Å². The predicted molar refractivity (Wildman–Crippen MR) is 41.3 cm³/mol. The van der Waals surface area contributed by atoms with Crippen molar-refractivity contribution >= 4 is 22.6 Å². The summed E-state index contributed by atoms with van der Waals surface area (Å²) in [5.41, 5.74) is 0. The van der Waals surface area contributed by atoms with Crippen LogP contribution in [0.3, 0.4) is 0 Å². The van der Waals surface area contributed by atoms with E-state index in [1.54, 1.807) is 19.5 Å². The first-order valence-electron chi connectivity index (χ1n) is 2.34. The summed E-state index contributed by atoms with van der Waals surface area (Å²) < 4.78 is 5.66. The van der Waals surface area contributed by atoms with Crippen molar-refractivity contribution < 1.29 is 4.74 Å². The van der Waals surface area contributed by atoms with Crippen LogP contribution in [0.5, 0.6) is 5.88 Å². The van der Waals surface area contributed by atoms with Crippen molar-refractivity contribution in [2.45, 2.75) is 0 Å². The van der Waals surface area contributed by atoms with Gasteiger partial charge in [-0.25, -0.2) is 9.97 Å². The Bertz CT molecular complexity index is 187. The SMILES string of the molecule is COc1cnc(I)cn1. The van der Waals surface area contributed by atoms with Crippen LogP contribution in [0.2, 0.25) is 0 Å². The molecule has 1 heterocycles. The fraction of sp³-hybridized carbons (Fsp3) is 0.200. The standard InChI is InChI=1S/C5H5IN2O/c1-9-5-3-7-4(6)2-8-5/h2-3H,1H3. The lowest BCUT2D eigenvalue weighted by Crippen LogP contribution is -1.88. The minimum atomic E-state index is 0.551. The normalized spacial score (nSPS) is 9.11. The Kier molecular flexibility index (Phi) is 2.21. The molecule has 1 aromatic heterocycles. The van der Waals surface area contributed by atoms with Crippen LogP contribution in [0.15, 0.2) is 12.4 Å². The van der Waals surface area contributed by atoms with Gasteiger partial charge < -0.3 is 4.74 Å².